The van der Waals surface area contributed by atoms with E-state index in [1.807, 2.05) is 0 Å². The minimum Gasteiger partial charge on any atom is -0.385 e. The number of rotatable bonds is 17. The van der Waals surface area contributed by atoms with Crippen LogP contribution in [-0.2, 0) is 13.1 Å². The van der Waals surface area contributed by atoms with Gasteiger partial charge >= 0.3 is 0 Å². The Kier molecular flexibility index (Phi) is 11.5. The summed E-state index contributed by atoms with van der Waals surface area (Å²) >= 11 is 0. The van der Waals surface area contributed by atoms with Crippen LogP contribution in [0, 0.1) is 0 Å². The fraction of sp³-hybridized carbons (Fsp3) is 0.533. The third kappa shape index (κ3) is 8.89. The molecule has 0 aromatic heterocycles. The Labute approximate surface area is 203 Å². The molecule has 0 spiro atoms. The van der Waals surface area contributed by atoms with Crippen LogP contribution in [0.1, 0.15) is 94.7 Å². The van der Waals surface area contributed by atoms with Crippen molar-refractivity contribution >= 4 is 5.70 Å². The summed E-state index contributed by atoms with van der Waals surface area (Å²) in [5.41, 5.74) is 14.2. The quantitative estimate of drug-likeness (QED) is 0.192. The zero-order valence-corrected chi connectivity index (χ0v) is 21.4. The molecule has 1 heterocycles. The van der Waals surface area contributed by atoms with Crippen molar-refractivity contribution in [3.63, 3.8) is 0 Å². The second kappa shape index (κ2) is 14.1. The third-order valence-corrected chi connectivity index (χ3v) is 6.68. The highest BCUT2D eigenvalue weighted by Crippen LogP contribution is 2.36. The van der Waals surface area contributed by atoms with E-state index in [1.54, 1.807) is 0 Å². The topological polar surface area (TPSA) is 41.3 Å². The van der Waals surface area contributed by atoms with Crippen LogP contribution < -0.4 is 11.1 Å². The van der Waals surface area contributed by atoms with E-state index in [0.29, 0.717) is 6.04 Å². The number of fused-ring (bicyclic) bond motifs is 1. The average Bonchev–Trinajstić information content (AvgIpc) is 3.09. The van der Waals surface area contributed by atoms with Crippen LogP contribution in [-0.4, -0.2) is 17.5 Å². The SMILES string of the molecule is C=C(C)CCC(C(=C)C)N1Cc2cc(CNC(=C)CCCCCCCCCN)ccc2C1=C. The summed E-state index contributed by atoms with van der Waals surface area (Å²) in [5.74, 6) is 0. The van der Waals surface area contributed by atoms with Crippen LogP contribution in [0.15, 0.2) is 61.4 Å². The number of allylic oxidation sites excluding steroid dienone is 2. The van der Waals surface area contributed by atoms with Gasteiger partial charge in [0.25, 0.3) is 0 Å². The van der Waals surface area contributed by atoms with Crippen LogP contribution in [0.4, 0.5) is 0 Å². The standard InChI is InChI=1S/C30H47N3/c1-23(2)15-18-30(24(3)4)33-22-28-20-27(16-17-29(28)26(33)6)21-32-25(5)14-12-10-8-7-9-11-13-19-31/h16-17,20,30,32H,1,3,5-15,18-19,21-22,31H2,2,4H3. The summed E-state index contributed by atoms with van der Waals surface area (Å²) in [4.78, 5) is 2.42. The number of hydrogen-bond acceptors (Lipinski definition) is 3. The Balaban J connectivity index is 1.79. The van der Waals surface area contributed by atoms with Gasteiger partial charge < -0.3 is 16.0 Å². The summed E-state index contributed by atoms with van der Waals surface area (Å²) in [5, 5.41) is 3.54. The van der Waals surface area contributed by atoms with Gasteiger partial charge in [0.05, 0.1) is 6.04 Å². The number of nitrogens with zero attached hydrogens (tertiary/aromatic N) is 1. The fourth-order valence-electron chi connectivity index (χ4n) is 4.63. The van der Waals surface area contributed by atoms with Crippen molar-refractivity contribution in [2.24, 2.45) is 5.73 Å². The number of nitrogens with two attached hydrogens (primary N) is 1. The van der Waals surface area contributed by atoms with E-state index >= 15 is 0 Å². The predicted octanol–water partition coefficient (Wildman–Crippen LogP) is 7.46. The number of nitrogens with one attached hydrogen (secondary N) is 1. The van der Waals surface area contributed by atoms with E-state index in [1.165, 1.54) is 72.8 Å². The van der Waals surface area contributed by atoms with Crippen molar-refractivity contribution in [3.05, 3.63) is 78.0 Å². The molecule has 1 aliphatic heterocycles. The molecule has 3 heteroatoms. The third-order valence-electron chi connectivity index (χ3n) is 6.68. The van der Waals surface area contributed by atoms with Gasteiger partial charge in [0, 0.05) is 30.0 Å². The van der Waals surface area contributed by atoms with Crippen LogP contribution in [0.5, 0.6) is 0 Å². The first kappa shape index (κ1) is 27.0. The normalized spacial score (nSPS) is 13.7. The number of unbranched alkanes of at least 4 members (excludes halogenated alkanes) is 6. The molecule has 0 radical (unpaired) electrons. The average molecular weight is 450 g/mol. The van der Waals surface area contributed by atoms with Crippen LogP contribution in [0.25, 0.3) is 5.70 Å². The fourth-order valence-corrected chi connectivity index (χ4v) is 4.63. The minimum atomic E-state index is 0.309. The number of hydrogen-bond donors (Lipinski definition) is 2. The Morgan fingerprint density at radius 2 is 1.67 bits per heavy atom. The highest BCUT2D eigenvalue weighted by atomic mass is 15.2. The molecule has 1 aromatic rings. The van der Waals surface area contributed by atoms with Crippen LogP contribution >= 0.6 is 0 Å². The van der Waals surface area contributed by atoms with Gasteiger partial charge in [-0.2, -0.15) is 0 Å². The second-order valence-corrected chi connectivity index (χ2v) is 9.89. The van der Waals surface area contributed by atoms with Crippen LogP contribution in [0.3, 0.4) is 0 Å². The first-order chi connectivity index (χ1) is 15.8. The second-order valence-electron chi connectivity index (χ2n) is 9.89. The Morgan fingerprint density at radius 1 is 1.00 bits per heavy atom. The lowest BCUT2D eigenvalue weighted by Gasteiger charge is -2.31. The van der Waals surface area contributed by atoms with Gasteiger partial charge in [0.1, 0.15) is 0 Å². The zero-order valence-electron chi connectivity index (χ0n) is 21.4. The molecule has 1 unspecified atom stereocenters. The zero-order chi connectivity index (χ0) is 24.2. The molecule has 182 valence electrons. The minimum absolute atomic E-state index is 0.309. The van der Waals surface area contributed by atoms with Crippen molar-refractivity contribution in [1.29, 1.82) is 0 Å². The van der Waals surface area contributed by atoms with E-state index in [2.05, 4.69) is 68.6 Å². The molecular weight excluding hydrogens is 402 g/mol. The molecule has 2 rings (SSSR count). The Hall–Kier alpha value is -2.26. The molecule has 1 aromatic carbocycles. The molecular formula is C30H47N3. The Morgan fingerprint density at radius 3 is 2.30 bits per heavy atom. The van der Waals surface area contributed by atoms with Gasteiger partial charge in [0.15, 0.2) is 0 Å². The summed E-state index contributed by atoms with van der Waals surface area (Å²) < 4.78 is 0. The largest absolute Gasteiger partial charge is 0.385 e. The van der Waals surface area contributed by atoms with Crippen LogP contribution in [0.2, 0.25) is 0 Å². The molecule has 3 nitrogen and oxygen atoms in total. The van der Waals surface area contributed by atoms with E-state index in [0.717, 1.165) is 50.3 Å². The van der Waals surface area contributed by atoms with Crippen molar-refractivity contribution < 1.29 is 0 Å². The molecule has 0 amide bonds. The lowest BCUT2D eigenvalue weighted by Crippen LogP contribution is -2.30. The van der Waals surface area contributed by atoms with Crippen molar-refractivity contribution in [3.8, 4) is 0 Å². The van der Waals surface area contributed by atoms with Gasteiger partial charge in [-0.25, -0.2) is 0 Å². The van der Waals surface area contributed by atoms with Gasteiger partial charge in [-0.1, -0.05) is 81.2 Å². The smallest absolute Gasteiger partial charge is 0.0503 e. The maximum absolute atomic E-state index is 5.55. The first-order valence-corrected chi connectivity index (χ1v) is 12.8. The molecule has 1 aliphatic rings. The molecule has 1 atom stereocenters. The molecule has 33 heavy (non-hydrogen) atoms. The summed E-state index contributed by atoms with van der Waals surface area (Å²) in [7, 11) is 0. The van der Waals surface area contributed by atoms with Crippen molar-refractivity contribution in [2.45, 2.75) is 97.2 Å². The molecule has 3 N–H and O–H groups in total. The van der Waals surface area contributed by atoms with E-state index < -0.39 is 0 Å². The molecule has 0 bridgehead atoms. The lowest BCUT2D eigenvalue weighted by molar-refractivity contribution is 0.319. The Bertz CT molecular complexity index is 820. The molecule has 0 aliphatic carbocycles. The number of benzene rings is 1. The highest BCUT2D eigenvalue weighted by molar-refractivity contribution is 5.70. The summed E-state index contributed by atoms with van der Waals surface area (Å²) in [6, 6.07) is 7.09. The molecule has 0 fully saturated rings. The molecule has 0 saturated heterocycles. The first-order valence-electron chi connectivity index (χ1n) is 12.8. The lowest BCUT2D eigenvalue weighted by atomic mass is 10.0. The molecule has 0 saturated carbocycles. The summed E-state index contributed by atoms with van der Waals surface area (Å²) in [6.07, 6.45) is 12.0. The van der Waals surface area contributed by atoms with Crippen molar-refractivity contribution in [2.75, 3.05) is 6.54 Å². The van der Waals surface area contributed by atoms with Gasteiger partial charge in [-0.15, -0.1) is 6.58 Å². The highest BCUT2D eigenvalue weighted by Gasteiger charge is 2.28. The summed E-state index contributed by atoms with van der Waals surface area (Å²) in [6.45, 7) is 23.8. The van der Waals surface area contributed by atoms with Crippen molar-refractivity contribution in [1.82, 2.24) is 10.2 Å². The van der Waals surface area contributed by atoms with E-state index in [4.69, 9.17) is 5.73 Å². The maximum atomic E-state index is 5.55. The van der Waals surface area contributed by atoms with Gasteiger partial charge in [-0.3, -0.25) is 0 Å². The van der Waals surface area contributed by atoms with Gasteiger partial charge in [-0.05, 0) is 63.6 Å². The maximum Gasteiger partial charge on any atom is 0.0503 e. The predicted molar refractivity (Wildman–Crippen MR) is 146 cm³/mol. The van der Waals surface area contributed by atoms with Gasteiger partial charge in [0.2, 0.25) is 0 Å². The van der Waals surface area contributed by atoms with E-state index in [-0.39, 0.29) is 0 Å². The monoisotopic (exact) mass is 449 g/mol. The van der Waals surface area contributed by atoms with E-state index in [9.17, 15) is 0 Å².